The third kappa shape index (κ3) is 4.43. The average Bonchev–Trinajstić information content (AvgIpc) is 3.18. The smallest absolute Gasteiger partial charge is 0.341 e. The van der Waals surface area contributed by atoms with Gasteiger partial charge < -0.3 is 14.2 Å². The molecule has 0 atom stereocenters. The molecule has 9 nitrogen and oxygen atoms in total. The minimum absolute atomic E-state index is 0.104. The molecular formula is C23H27N3O6S. The first-order chi connectivity index (χ1) is 15.4. The minimum atomic E-state index is -3.92. The molecule has 3 aromatic rings. The molecule has 3 rings (SSSR count). The van der Waals surface area contributed by atoms with E-state index in [0.29, 0.717) is 5.69 Å². The van der Waals surface area contributed by atoms with Crippen LogP contribution >= 0.6 is 0 Å². The molecule has 0 fully saturated rings. The fourth-order valence-corrected chi connectivity index (χ4v) is 4.69. The molecule has 10 heteroatoms. The van der Waals surface area contributed by atoms with Crippen LogP contribution in [0.4, 0.5) is 0 Å². The van der Waals surface area contributed by atoms with E-state index in [1.54, 1.807) is 31.2 Å². The maximum atomic E-state index is 13.3. The molecule has 176 valence electrons. The summed E-state index contributed by atoms with van der Waals surface area (Å²) in [6.45, 7) is 7.76. The number of sulfone groups is 1. The zero-order valence-electron chi connectivity index (χ0n) is 19.7. The second-order valence-corrected chi connectivity index (χ2v) is 10.3. The number of benzene rings is 2. The number of aromatic nitrogens is 3. The van der Waals surface area contributed by atoms with Crippen LogP contribution in [0.1, 0.15) is 42.4 Å². The molecule has 2 aromatic carbocycles. The van der Waals surface area contributed by atoms with Gasteiger partial charge in [-0.25, -0.2) is 17.9 Å². The standard InChI is InChI=1S/C23H27N3O6S/c1-14-21(33(28,29)16-10-8-15(9-11-16)23(2,3)4)24-25-26(14)18-13-19(30-5)17(22(27)32-7)12-20(18)31-6/h8-13H,1-7H3. The Morgan fingerprint density at radius 2 is 1.58 bits per heavy atom. The molecule has 33 heavy (non-hydrogen) atoms. The summed E-state index contributed by atoms with van der Waals surface area (Å²) >= 11 is 0. The van der Waals surface area contributed by atoms with Gasteiger partial charge in [0.25, 0.3) is 0 Å². The quantitative estimate of drug-likeness (QED) is 0.500. The Balaban J connectivity index is 2.11. The van der Waals surface area contributed by atoms with Gasteiger partial charge in [0.05, 0.1) is 31.9 Å². The summed E-state index contributed by atoms with van der Waals surface area (Å²) in [5.41, 5.74) is 1.71. The Labute approximate surface area is 193 Å². The summed E-state index contributed by atoms with van der Waals surface area (Å²) in [7, 11) is 0.168. The van der Waals surface area contributed by atoms with Gasteiger partial charge in [-0.3, -0.25) is 0 Å². The normalized spacial score (nSPS) is 11.8. The summed E-state index contributed by atoms with van der Waals surface area (Å²) in [6.07, 6.45) is 0. The van der Waals surface area contributed by atoms with E-state index in [1.165, 1.54) is 38.1 Å². The van der Waals surface area contributed by atoms with Crippen LogP contribution in [-0.4, -0.2) is 50.7 Å². The molecule has 0 saturated carbocycles. The van der Waals surface area contributed by atoms with Gasteiger partial charge in [-0.1, -0.05) is 38.1 Å². The average molecular weight is 474 g/mol. The Kier molecular flexibility index (Phi) is 6.51. The summed E-state index contributed by atoms with van der Waals surface area (Å²) in [4.78, 5) is 12.2. The molecule has 0 aliphatic heterocycles. The first-order valence-corrected chi connectivity index (χ1v) is 11.6. The van der Waals surface area contributed by atoms with Crippen molar-refractivity contribution >= 4 is 15.8 Å². The molecule has 0 unspecified atom stereocenters. The van der Waals surface area contributed by atoms with Crippen molar-refractivity contribution in [3.63, 3.8) is 0 Å². The Morgan fingerprint density at radius 1 is 0.970 bits per heavy atom. The van der Waals surface area contributed by atoms with Crippen LogP contribution < -0.4 is 9.47 Å². The zero-order chi connectivity index (χ0) is 24.6. The van der Waals surface area contributed by atoms with Gasteiger partial charge in [-0.05, 0) is 30.0 Å². The molecular weight excluding hydrogens is 446 g/mol. The van der Waals surface area contributed by atoms with Crippen LogP contribution in [0.5, 0.6) is 11.5 Å². The third-order valence-electron chi connectivity index (χ3n) is 5.27. The van der Waals surface area contributed by atoms with Crippen LogP contribution in [-0.2, 0) is 20.0 Å². The highest BCUT2D eigenvalue weighted by Gasteiger charge is 2.28. The third-order valence-corrected chi connectivity index (χ3v) is 7.05. The number of nitrogens with zero attached hydrogens (tertiary/aromatic N) is 3. The van der Waals surface area contributed by atoms with E-state index in [1.807, 2.05) is 0 Å². The van der Waals surface area contributed by atoms with Gasteiger partial charge in [0.1, 0.15) is 22.7 Å². The molecule has 1 heterocycles. The Morgan fingerprint density at radius 3 is 2.09 bits per heavy atom. The summed E-state index contributed by atoms with van der Waals surface area (Å²) < 4.78 is 43.4. The lowest BCUT2D eigenvalue weighted by atomic mass is 9.87. The second-order valence-electron chi connectivity index (χ2n) is 8.39. The highest BCUT2D eigenvalue weighted by Crippen LogP contribution is 2.34. The van der Waals surface area contributed by atoms with Crippen molar-refractivity contribution in [2.75, 3.05) is 21.3 Å². The monoisotopic (exact) mass is 473 g/mol. The van der Waals surface area contributed by atoms with Crippen molar-refractivity contribution < 1.29 is 27.4 Å². The molecule has 1 aromatic heterocycles. The maximum absolute atomic E-state index is 13.3. The predicted octanol–water partition coefficient (Wildman–Crippen LogP) is 3.51. The topological polar surface area (TPSA) is 110 Å². The number of methoxy groups -OCH3 is 3. The van der Waals surface area contributed by atoms with Gasteiger partial charge in [-0.15, -0.1) is 5.10 Å². The molecule has 0 amide bonds. The van der Waals surface area contributed by atoms with E-state index in [9.17, 15) is 13.2 Å². The largest absolute Gasteiger partial charge is 0.496 e. The van der Waals surface area contributed by atoms with Gasteiger partial charge in [0.15, 0.2) is 0 Å². The number of rotatable bonds is 6. The number of hydrogen-bond acceptors (Lipinski definition) is 8. The summed E-state index contributed by atoms with van der Waals surface area (Å²) in [5, 5.41) is 7.83. The van der Waals surface area contributed by atoms with Gasteiger partial charge in [0, 0.05) is 12.1 Å². The van der Waals surface area contributed by atoms with E-state index < -0.39 is 15.8 Å². The van der Waals surface area contributed by atoms with Gasteiger partial charge in [-0.2, -0.15) is 0 Å². The molecule has 0 bridgehead atoms. The molecule has 0 aliphatic rings. The summed E-state index contributed by atoms with van der Waals surface area (Å²) in [5.74, 6) is -0.119. The fraction of sp³-hybridized carbons (Fsp3) is 0.348. The van der Waals surface area contributed by atoms with Crippen LogP contribution in [0.15, 0.2) is 46.3 Å². The summed E-state index contributed by atoms with van der Waals surface area (Å²) in [6, 6.07) is 9.70. The highest BCUT2D eigenvalue weighted by molar-refractivity contribution is 7.91. The number of ether oxygens (including phenoxy) is 3. The van der Waals surface area contributed by atoms with Crippen molar-refractivity contribution in [2.45, 2.75) is 43.0 Å². The Hall–Kier alpha value is -3.40. The lowest BCUT2D eigenvalue weighted by Gasteiger charge is -2.19. The van der Waals surface area contributed by atoms with Crippen molar-refractivity contribution in [3.8, 4) is 17.2 Å². The van der Waals surface area contributed by atoms with Crippen LogP contribution in [0.2, 0.25) is 0 Å². The van der Waals surface area contributed by atoms with Crippen LogP contribution in [0.25, 0.3) is 5.69 Å². The number of carbonyl (C=O) groups excluding carboxylic acids is 1. The first kappa shape index (κ1) is 24.2. The van der Waals surface area contributed by atoms with Crippen molar-refractivity contribution in [2.24, 2.45) is 0 Å². The van der Waals surface area contributed by atoms with Gasteiger partial charge in [0.2, 0.25) is 14.9 Å². The van der Waals surface area contributed by atoms with Crippen molar-refractivity contribution in [3.05, 3.63) is 53.2 Å². The SMILES string of the molecule is COC(=O)c1cc(OC)c(-n2nnc(S(=O)(=O)c3ccc(C(C)(C)C)cc3)c2C)cc1OC. The Bertz CT molecular complexity index is 1290. The highest BCUT2D eigenvalue weighted by atomic mass is 32.2. The lowest BCUT2D eigenvalue weighted by molar-refractivity contribution is 0.0596. The molecule has 0 aliphatic carbocycles. The predicted molar refractivity (Wildman–Crippen MR) is 121 cm³/mol. The van der Waals surface area contributed by atoms with Gasteiger partial charge >= 0.3 is 5.97 Å². The first-order valence-electron chi connectivity index (χ1n) is 10.1. The molecule has 0 N–H and O–H groups in total. The molecule has 0 spiro atoms. The van der Waals surface area contributed by atoms with E-state index in [-0.39, 0.29) is 38.1 Å². The fourth-order valence-electron chi connectivity index (χ4n) is 3.35. The molecule has 0 saturated heterocycles. The maximum Gasteiger partial charge on any atom is 0.341 e. The number of carbonyl (C=O) groups is 1. The minimum Gasteiger partial charge on any atom is -0.496 e. The van der Waals surface area contributed by atoms with Crippen molar-refractivity contribution in [1.82, 2.24) is 15.0 Å². The second kappa shape index (κ2) is 8.86. The van der Waals surface area contributed by atoms with E-state index >= 15 is 0 Å². The molecule has 0 radical (unpaired) electrons. The number of hydrogen-bond donors (Lipinski definition) is 0. The lowest BCUT2D eigenvalue weighted by Crippen LogP contribution is -2.12. The van der Waals surface area contributed by atoms with Crippen molar-refractivity contribution in [1.29, 1.82) is 0 Å². The van der Waals surface area contributed by atoms with Crippen LogP contribution in [0.3, 0.4) is 0 Å². The van der Waals surface area contributed by atoms with E-state index in [0.717, 1.165) is 5.56 Å². The number of esters is 1. The van der Waals surface area contributed by atoms with E-state index in [4.69, 9.17) is 14.2 Å². The van der Waals surface area contributed by atoms with E-state index in [2.05, 4.69) is 31.1 Å². The zero-order valence-corrected chi connectivity index (χ0v) is 20.5. The van der Waals surface area contributed by atoms with Crippen LogP contribution in [0, 0.1) is 6.92 Å².